The zero-order chi connectivity index (χ0) is 15.8. The lowest BCUT2D eigenvalue weighted by molar-refractivity contribution is -0.137. The highest BCUT2D eigenvalue weighted by molar-refractivity contribution is 9.10. The number of halogens is 5. The van der Waals surface area contributed by atoms with Crippen LogP contribution in [0.5, 0.6) is 0 Å². The monoisotopic (exact) mass is 420 g/mol. The standard InChI is InChI=1S/C10H5BrClF3N2O2S2/c11-6-3-5(10(13,14)15)4-8(16-6)17-21(18,19)9-2-1-7(12)20-9/h1-4H,(H,16,17). The minimum Gasteiger partial charge on any atom is -0.263 e. The summed E-state index contributed by atoms with van der Waals surface area (Å²) in [5, 5.41) is 0. The number of nitrogens with zero attached hydrogens (tertiary/aromatic N) is 1. The molecule has 0 aliphatic carbocycles. The van der Waals surface area contributed by atoms with Crippen molar-refractivity contribution in [3.8, 4) is 0 Å². The van der Waals surface area contributed by atoms with Crippen molar-refractivity contribution in [3.05, 3.63) is 38.8 Å². The van der Waals surface area contributed by atoms with E-state index in [1.54, 1.807) is 0 Å². The molecule has 0 aromatic carbocycles. The first kappa shape index (κ1) is 16.5. The number of nitrogens with one attached hydrogen (secondary N) is 1. The molecule has 0 bridgehead atoms. The van der Waals surface area contributed by atoms with Crippen molar-refractivity contribution < 1.29 is 21.6 Å². The Morgan fingerprint density at radius 1 is 1.29 bits per heavy atom. The third kappa shape index (κ3) is 4.09. The molecule has 0 unspecified atom stereocenters. The van der Waals surface area contributed by atoms with E-state index in [4.69, 9.17) is 11.6 Å². The number of thiophene rings is 1. The molecule has 0 radical (unpaired) electrons. The van der Waals surface area contributed by atoms with Crippen LogP contribution in [-0.4, -0.2) is 13.4 Å². The fourth-order valence-corrected chi connectivity index (χ4v) is 4.26. The van der Waals surface area contributed by atoms with Crippen LogP contribution in [0.2, 0.25) is 4.34 Å². The lowest BCUT2D eigenvalue weighted by atomic mass is 10.2. The van der Waals surface area contributed by atoms with Gasteiger partial charge in [-0.25, -0.2) is 13.4 Å². The molecule has 0 saturated heterocycles. The Bertz CT molecular complexity index is 777. The number of anilines is 1. The number of hydrogen-bond donors (Lipinski definition) is 1. The SMILES string of the molecule is O=S(=O)(Nc1cc(C(F)(F)F)cc(Br)n1)c1ccc(Cl)s1. The van der Waals surface area contributed by atoms with Gasteiger partial charge in [-0.05, 0) is 40.2 Å². The van der Waals surface area contributed by atoms with Gasteiger partial charge in [-0.1, -0.05) is 11.6 Å². The van der Waals surface area contributed by atoms with Crippen molar-refractivity contribution >= 4 is 54.7 Å². The van der Waals surface area contributed by atoms with Crippen LogP contribution < -0.4 is 4.72 Å². The Labute approximate surface area is 135 Å². The summed E-state index contributed by atoms with van der Waals surface area (Å²) in [5.74, 6) is -0.443. The predicted molar refractivity (Wildman–Crippen MR) is 77.1 cm³/mol. The average Bonchev–Trinajstić information content (AvgIpc) is 2.74. The second-order valence-electron chi connectivity index (χ2n) is 3.73. The van der Waals surface area contributed by atoms with Crippen LogP contribution >= 0.6 is 38.9 Å². The molecule has 4 nitrogen and oxygen atoms in total. The van der Waals surface area contributed by atoms with E-state index in [2.05, 4.69) is 20.9 Å². The molecule has 114 valence electrons. The second kappa shape index (κ2) is 5.75. The lowest BCUT2D eigenvalue weighted by Crippen LogP contribution is -2.14. The molecule has 0 spiro atoms. The van der Waals surface area contributed by atoms with Gasteiger partial charge in [0.25, 0.3) is 10.0 Å². The number of aromatic nitrogens is 1. The molecule has 21 heavy (non-hydrogen) atoms. The first-order valence-electron chi connectivity index (χ1n) is 5.11. The van der Waals surface area contributed by atoms with Crippen molar-refractivity contribution in [1.82, 2.24) is 4.98 Å². The maximum atomic E-state index is 12.7. The molecule has 2 aromatic rings. The summed E-state index contributed by atoms with van der Waals surface area (Å²) in [6, 6.07) is 3.98. The van der Waals surface area contributed by atoms with Crippen LogP contribution in [0.1, 0.15) is 5.56 Å². The number of alkyl halides is 3. The van der Waals surface area contributed by atoms with E-state index in [1.165, 1.54) is 12.1 Å². The van der Waals surface area contributed by atoms with Crippen LogP contribution in [0.25, 0.3) is 0 Å². The van der Waals surface area contributed by atoms with Gasteiger partial charge in [0.05, 0.1) is 9.90 Å². The first-order chi connectivity index (χ1) is 9.58. The second-order valence-corrected chi connectivity index (χ2v) is 8.16. The first-order valence-corrected chi connectivity index (χ1v) is 8.58. The van der Waals surface area contributed by atoms with Crippen LogP contribution in [0.4, 0.5) is 19.0 Å². The summed E-state index contributed by atoms with van der Waals surface area (Å²) in [6.07, 6.45) is -4.61. The molecule has 2 aromatic heterocycles. The fraction of sp³-hybridized carbons (Fsp3) is 0.100. The molecule has 0 saturated carbocycles. The van der Waals surface area contributed by atoms with Gasteiger partial charge in [0, 0.05) is 0 Å². The molecule has 0 fully saturated rings. The van der Waals surface area contributed by atoms with Gasteiger partial charge in [0.1, 0.15) is 14.6 Å². The summed E-state index contributed by atoms with van der Waals surface area (Å²) in [5.41, 5.74) is -1.02. The highest BCUT2D eigenvalue weighted by Gasteiger charge is 2.32. The van der Waals surface area contributed by atoms with E-state index in [0.717, 1.165) is 17.4 Å². The molecular weight excluding hydrogens is 417 g/mol. The Morgan fingerprint density at radius 3 is 2.48 bits per heavy atom. The third-order valence-electron chi connectivity index (χ3n) is 2.17. The van der Waals surface area contributed by atoms with Crippen molar-refractivity contribution in [3.63, 3.8) is 0 Å². The molecule has 0 amide bonds. The zero-order valence-corrected chi connectivity index (χ0v) is 13.8. The topological polar surface area (TPSA) is 59.1 Å². The van der Waals surface area contributed by atoms with E-state index >= 15 is 0 Å². The van der Waals surface area contributed by atoms with Crippen LogP contribution in [-0.2, 0) is 16.2 Å². The summed E-state index contributed by atoms with van der Waals surface area (Å²) in [4.78, 5) is 3.66. The minimum atomic E-state index is -4.61. The lowest BCUT2D eigenvalue weighted by Gasteiger charge is -2.10. The Balaban J connectivity index is 2.38. The molecule has 1 N–H and O–H groups in total. The maximum absolute atomic E-state index is 12.7. The Hall–Kier alpha value is -0.840. The number of hydrogen-bond acceptors (Lipinski definition) is 4. The van der Waals surface area contributed by atoms with E-state index < -0.39 is 27.6 Å². The van der Waals surface area contributed by atoms with E-state index in [9.17, 15) is 21.6 Å². The van der Waals surface area contributed by atoms with Gasteiger partial charge in [-0.15, -0.1) is 11.3 Å². The van der Waals surface area contributed by atoms with Crippen molar-refractivity contribution in [1.29, 1.82) is 0 Å². The van der Waals surface area contributed by atoms with Gasteiger partial charge in [-0.2, -0.15) is 13.2 Å². The Kier molecular flexibility index (Phi) is 4.52. The largest absolute Gasteiger partial charge is 0.416 e. The molecule has 2 rings (SSSR count). The van der Waals surface area contributed by atoms with Gasteiger partial charge in [0.15, 0.2) is 0 Å². The van der Waals surface area contributed by atoms with Gasteiger partial charge in [-0.3, -0.25) is 4.72 Å². The molecule has 0 aliphatic heterocycles. The third-order valence-corrected chi connectivity index (χ3v) is 5.66. The van der Waals surface area contributed by atoms with Crippen LogP contribution in [0, 0.1) is 0 Å². The van der Waals surface area contributed by atoms with Crippen LogP contribution in [0.15, 0.2) is 33.1 Å². The highest BCUT2D eigenvalue weighted by atomic mass is 79.9. The van der Waals surface area contributed by atoms with Crippen molar-refractivity contribution in [2.75, 3.05) is 4.72 Å². The zero-order valence-electron chi connectivity index (χ0n) is 9.78. The van der Waals surface area contributed by atoms with Gasteiger partial charge in [0.2, 0.25) is 0 Å². The summed E-state index contributed by atoms with van der Waals surface area (Å²) < 4.78 is 63.9. The highest BCUT2D eigenvalue weighted by Crippen LogP contribution is 2.33. The van der Waals surface area contributed by atoms with Crippen molar-refractivity contribution in [2.45, 2.75) is 10.4 Å². The average molecular weight is 422 g/mol. The van der Waals surface area contributed by atoms with E-state index in [0.29, 0.717) is 6.07 Å². The number of sulfonamides is 1. The maximum Gasteiger partial charge on any atom is 0.416 e. The minimum absolute atomic E-state index is 0.122. The summed E-state index contributed by atoms with van der Waals surface area (Å²) in [7, 11) is -4.04. The van der Waals surface area contributed by atoms with Gasteiger partial charge < -0.3 is 0 Å². The molecule has 0 atom stereocenters. The molecular formula is C10H5BrClF3N2O2S2. The predicted octanol–water partition coefficient (Wildman–Crippen LogP) is 4.38. The molecule has 0 aliphatic rings. The van der Waals surface area contributed by atoms with E-state index in [-0.39, 0.29) is 13.1 Å². The number of rotatable bonds is 3. The smallest absolute Gasteiger partial charge is 0.263 e. The number of pyridine rings is 1. The van der Waals surface area contributed by atoms with E-state index in [1.807, 2.05) is 4.72 Å². The summed E-state index contributed by atoms with van der Waals surface area (Å²) >= 11 is 9.22. The quantitative estimate of drug-likeness (QED) is 0.748. The molecule has 11 heteroatoms. The van der Waals surface area contributed by atoms with Crippen LogP contribution in [0.3, 0.4) is 0 Å². The normalized spacial score (nSPS) is 12.4. The summed E-state index contributed by atoms with van der Waals surface area (Å²) in [6.45, 7) is 0. The Morgan fingerprint density at radius 2 is 1.95 bits per heavy atom. The van der Waals surface area contributed by atoms with Gasteiger partial charge >= 0.3 is 6.18 Å². The van der Waals surface area contributed by atoms with Crippen molar-refractivity contribution in [2.24, 2.45) is 0 Å². The fourth-order valence-electron chi connectivity index (χ4n) is 1.34. The molecule has 2 heterocycles.